The van der Waals surface area contributed by atoms with Crippen LogP contribution in [0.2, 0.25) is 0 Å². The molecule has 1 fully saturated rings. The van der Waals surface area contributed by atoms with Crippen LogP contribution in [-0.2, 0) is 14.2 Å². The Hall–Kier alpha value is -5.42. The normalized spacial score (nSPS) is 18.0. The highest BCUT2D eigenvalue weighted by Gasteiger charge is 2.40. The van der Waals surface area contributed by atoms with Crippen molar-refractivity contribution < 1.29 is 28.6 Å². The maximum atomic E-state index is 12.9. The monoisotopic (exact) mass is 563 g/mol. The van der Waals surface area contributed by atoms with E-state index in [1.807, 2.05) is 6.07 Å². The average molecular weight is 564 g/mol. The van der Waals surface area contributed by atoms with Crippen LogP contribution in [0.5, 0.6) is 0 Å². The van der Waals surface area contributed by atoms with Gasteiger partial charge >= 0.3 is 11.9 Å². The van der Waals surface area contributed by atoms with E-state index in [-0.39, 0.29) is 24.8 Å². The van der Waals surface area contributed by atoms with Gasteiger partial charge in [0.25, 0.3) is 5.91 Å². The number of imidazole rings is 1. The molecule has 0 radical (unpaired) electrons. The molecule has 0 spiro atoms. The third-order valence-corrected chi connectivity index (χ3v) is 6.77. The van der Waals surface area contributed by atoms with Gasteiger partial charge < -0.3 is 19.5 Å². The second-order valence-corrected chi connectivity index (χ2v) is 9.51. The summed E-state index contributed by atoms with van der Waals surface area (Å²) in [6, 6.07) is 26.0. The first-order valence-corrected chi connectivity index (χ1v) is 13.2. The molecule has 11 nitrogen and oxygen atoms in total. The van der Waals surface area contributed by atoms with Crippen LogP contribution >= 0.6 is 0 Å². The first kappa shape index (κ1) is 26.8. The number of esters is 2. The molecule has 6 rings (SSSR count). The number of fused-ring (bicyclic) bond motifs is 1. The zero-order chi connectivity index (χ0) is 28.9. The fourth-order valence-corrected chi connectivity index (χ4v) is 4.66. The molecule has 0 unspecified atom stereocenters. The SMILES string of the molecule is O=C(Nc1ncnc2c1ncn2[C@@H]1C[C@@H](OC(=O)c2ccccc2)[C@H](COC(=O)c2ccccc2)O1)c1ccccc1. The van der Waals surface area contributed by atoms with E-state index < -0.39 is 30.4 Å². The Morgan fingerprint density at radius 2 is 1.43 bits per heavy atom. The van der Waals surface area contributed by atoms with Crippen molar-refractivity contribution in [3.8, 4) is 0 Å². The van der Waals surface area contributed by atoms with Crippen LogP contribution in [0.15, 0.2) is 104 Å². The molecular weight excluding hydrogens is 538 g/mol. The van der Waals surface area contributed by atoms with Crippen molar-refractivity contribution in [2.75, 3.05) is 11.9 Å². The van der Waals surface area contributed by atoms with Crippen molar-refractivity contribution in [1.82, 2.24) is 19.5 Å². The highest BCUT2D eigenvalue weighted by molar-refractivity contribution is 6.06. The summed E-state index contributed by atoms with van der Waals surface area (Å²) in [5.41, 5.74) is 2.03. The summed E-state index contributed by atoms with van der Waals surface area (Å²) in [6.45, 7) is -0.142. The zero-order valence-corrected chi connectivity index (χ0v) is 22.2. The Morgan fingerprint density at radius 3 is 2.10 bits per heavy atom. The molecule has 5 aromatic rings. The average Bonchev–Trinajstić information content (AvgIpc) is 3.65. The minimum absolute atomic E-state index is 0.142. The van der Waals surface area contributed by atoms with Gasteiger partial charge in [-0.25, -0.2) is 24.5 Å². The number of hydrogen-bond donors (Lipinski definition) is 1. The zero-order valence-electron chi connectivity index (χ0n) is 22.2. The third-order valence-electron chi connectivity index (χ3n) is 6.77. The van der Waals surface area contributed by atoms with Crippen LogP contribution < -0.4 is 5.32 Å². The molecule has 3 aromatic carbocycles. The van der Waals surface area contributed by atoms with Crippen molar-refractivity contribution in [1.29, 1.82) is 0 Å². The summed E-state index contributed by atoms with van der Waals surface area (Å²) >= 11 is 0. The predicted molar refractivity (Wildman–Crippen MR) is 151 cm³/mol. The molecule has 0 bridgehead atoms. The van der Waals surface area contributed by atoms with Gasteiger partial charge in [-0.2, -0.15) is 0 Å². The number of amides is 1. The molecule has 210 valence electrons. The number of carbonyl (C=O) groups excluding carboxylic acids is 3. The summed E-state index contributed by atoms with van der Waals surface area (Å²) in [5, 5.41) is 2.78. The molecule has 1 aliphatic rings. The van der Waals surface area contributed by atoms with Crippen LogP contribution in [0.25, 0.3) is 11.2 Å². The maximum absolute atomic E-state index is 12.9. The Kier molecular flexibility index (Phi) is 7.64. The summed E-state index contributed by atoms with van der Waals surface area (Å²) in [6.07, 6.45) is 0.942. The van der Waals surface area contributed by atoms with Gasteiger partial charge in [0, 0.05) is 12.0 Å². The van der Waals surface area contributed by atoms with Crippen molar-refractivity contribution in [3.05, 3.63) is 120 Å². The van der Waals surface area contributed by atoms with Crippen molar-refractivity contribution >= 4 is 34.8 Å². The van der Waals surface area contributed by atoms with E-state index in [9.17, 15) is 14.4 Å². The molecule has 3 heterocycles. The number of hydrogen-bond acceptors (Lipinski definition) is 9. The summed E-state index contributed by atoms with van der Waals surface area (Å²) in [5.74, 6) is -1.13. The lowest BCUT2D eigenvalue weighted by molar-refractivity contribution is -0.0563. The van der Waals surface area contributed by atoms with E-state index >= 15 is 0 Å². The van der Waals surface area contributed by atoms with E-state index in [1.54, 1.807) is 89.5 Å². The number of nitrogens with one attached hydrogen (secondary N) is 1. The van der Waals surface area contributed by atoms with Gasteiger partial charge in [-0.1, -0.05) is 54.6 Å². The molecule has 2 aromatic heterocycles. The molecule has 0 saturated carbocycles. The van der Waals surface area contributed by atoms with Gasteiger partial charge in [-0.3, -0.25) is 9.36 Å². The summed E-state index contributed by atoms with van der Waals surface area (Å²) < 4.78 is 19.3. The Balaban J connectivity index is 1.23. The Bertz CT molecular complexity index is 1710. The number of aromatic nitrogens is 4. The number of carbonyl (C=O) groups is 3. The summed E-state index contributed by atoms with van der Waals surface area (Å²) in [7, 11) is 0. The quantitative estimate of drug-likeness (QED) is 0.272. The largest absolute Gasteiger partial charge is 0.459 e. The smallest absolute Gasteiger partial charge is 0.338 e. The fraction of sp³-hybridized carbons (Fsp3) is 0.161. The second-order valence-electron chi connectivity index (χ2n) is 9.51. The molecule has 0 aliphatic carbocycles. The van der Waals surface area contributed by atoms with Crippen molar-refractivity contribution in [2.45, 2.75) is 24.9 Å². The topological polar surface area (TPSA) is 135 Å². The molecule has 1 aliphatic heterocycles. The Morgan fingerprint density at radius 1 is 0.810 bits per heavy atom. The van der Waals surface area contributed by atoms with E-state index in [0.717, 1.165) is 0 Å². The van der Waals surface area contributed by atoms with Gasteiger partial charge in [0.2, 0.25) is 0 Å². The highest BCUT2D eigenvalue weighted by atomic mass is 16.6. The lowest BCUT2D eigenvalue weighted by Gasteiger charge is -2.19. The Labute approximate surface area is 240 Å². The molecule has 11 heteroatoms. The van der Waals surface area contributed by atoms with Crippen molar-refractivity contribution in [2.24, 2.45) is 0 Å². The minimum Gasteiger partial charge on any atom is -0.459 e. The summed E-state index contributed by atoms with van der Waals surface area (Å²) in [4.78, 5) is 51.3. The van der Waals surface area contributed by atoms with Crippen LogP contribution in [0.4, 0.5) is 5.82 Å². The lowest BCUT2D eigenvalue weighted by atomic mass is 10.1. The molecule has 3 atom stereocenters. The third kappa shape index (κ3) is 5.72. The van der Waals surface area contributed by atoms with Crippen molar-refractivity contribution in [3.63, 3.8) is 0 Å². The molecule has 1 N–H and O–H groups in total. The number of anilines is 1. The number of ether oxygens (including phenoxy) is 3. The number of benzene rings is 3. The number of rotatable bonds is 8. The molecular formula is C31H25N5O6. The lowest BCUT2D eigenvalue weighted by Crippen LogP contribution is -2.32. The molecule has 1 amide bonds. The van der Waals surface area contributed by atoms with E-state index in [0.29, 0.717) is 27.9 Å². The molecule has 42 heavy (non-hydrogen) atoms. The van der Waals surface area contributed by atoms with Gasteiger partial charge in [0.1, 0.15) is 31.4 Å². The van der Waals surface area contributed by atoms with E-state index in [1.165, 1.54) is 12.7 Å². The first-order chi connectivity index (χ1) is 20.6. The van der Waals surface area contributed by atoms with E-state index in [4.69, 9.17) is 14.2 Å². The van der Waals surface area contributed by atoms with Crippen LogP contribution in [0.1, 0.15) is 43.7 Å². The van der Waals surface area contributed by atoms with Gasteiger partial charge in [0.05, 0.1) is 17.5 Å². The fourth-order valence-electron chi connectivity index (χ4n) is 4.66. The number of nitrogens with zero attached hydrogens (tertiary/aromatic N) is 4. The predicted octanol–water partition coefficient (Wildman–Crippen LogP) is 4.45. The van der Waals surface area contributed by atoms with Gasteiger partial charge in [-0.15, -0.1) is 0 Å². The second kappa shape index (κ2) is 12.0. The maximum Gasteiger partial charge on any atom is 0.338 e. The van der Waals surface area contributed by atoms with Gasteiger partial charge in [-0.05, 0) is 36.4 Å². The van der Waals surface area contributed by atoms with Crippen LogP contribution in [0, 0.1) is 0 Å². The molecule has 1 saturated heterocycles. The first-order valence-electron chi connectivity index (χ1n) is 13.2. The van der Waals surface area contributed by atoms with Crippen LogP contribution in [-0.4, -0.2) is 56.2 Å². The van der Waals surface area contributed by atoms with Crippen LogP contribution in [0.3, 0.4) is 0 Å². The minimum atomic E-state index is -0.758. The standard InChI is InChI=1S/C31H25N5O6/c37-29(20-10-4-1-5-11-20)35-27-26-28(33-18-32-27)36(19-34-26)25-16-23(42-31(39)22-14-8-3-9-15-22)24(41-25)17-40-30(38)21-12-6-2-7-13-21/h1-15,18-19,23-25H,16-17H2,(H,32,33,35,37)/t23-,24+,25+/m1/s1. The highest BCUT2D eigenvalue weighted by Crippen LogP contribution is 2.34. The van der Waals surface area contributed by atoms with Gasteiger partial charge in [0.15, 0.2) is 17.0 Å². The van der Waals surface area contributed by atoms with E-state index in [2.05, 4.69) is 20.3 Å².